The highest BCUT2D eigenvalue weighted by Crippen LogP contribution is 2.20. The number of amides is 1. The van der Waals surface area contributed by atoms with E-state index in [2.05, 4.69) is 10.3 Å². The quantitative estimate of drug-likeness (QED) is 0.637. The molecule has 0 aliphatic carbocycles. The van der Waals surface area contributed by atoms with E-state index >= 15 is 0 Å². The van der Waals surface area contributed by atoms with Gasteiger partial charge in [0.25, 0.3) is 0 Å². The van der Waals surface area contributed by atoms with Crippen LogP contribution in [0.5, 0.6) is 5.75 Å². The first-order chi connectivity index (χ1) is 6.50. The molecule has 0 saturated carbocycles. The maximum Gasteiger partial charge on any atom is 0.337 e. The Morgan fingerprint density at radius 3 is 2.57 bits per heavy atom. The van der Waals surface area contributed by atoms with Crippen LogP contribution in [0.15, 0.2) is 12.3 Å². The van der Waals surface area contributed by atoms with Crippen LogP contribution in [0.2, 0.25) is 0 Å². The second-order valence-corrected chi connectivity index (χ2v) is 2.58. The van der Waals surface area contributed by atoms with Gasteiger partial charge < -0.3 is 15.5 Å². The Kier molecular flexibility index (Phi) is 2.66. The molecule has 6 nitrogen and oxygen atoms in total. The molecular formula is C8H8N2O4. The molecule has 0 spiro atoms. The van der Waals surface area contributed by atoms with Gasteiger partial charge in [-0.25, -0.2) is 9.78 Å². The van der Waals surface area contributed by atoms with Crippen molar-refractivity contribution in [2.24, 2.45) is 0 Å². The monoisotopic (exact) mass is 196 g/mol. The van der Waals surface area contributed by atoms with Crippen molar-refractivity contribution >= 4 is 17.7 Å². The minimum absolute atomic E-state index is 0.0532. The average Bonchev–Trinajstić information content (AvgIpc) is 2.07. The molecule has 0 aliphatic rings. The van der Waals surface area contributed by atoms with E-state index in [-0.39, 0.29) is 17.1 Å². The number of aromatic nitrogens is 1. The highest BCUT2D eigenvalue weighted by atomic mass is 16.4. The van der Waals surface area contributed by atoms with Crippen molar-refractivity contribution in [2.75, 3.05) is 5.32 Å². The Morgan fingerprint density at radius 1 is 1.50 bits per heavy atom. The van der Waals surface area contributed by atoms with Crippen LogP contribution in [0.1, 0.15) is 17.3 Å². The molecule has 0 atom stereocenters. The van der Waals surface area contributed by atoms with Crippen molar-refractivity contribution in [3.05, 3.63) is 17.8 Å². The molecule has 1 rings (SSSR count). The number of carbonyl (C=O) groups is 2. The fourth-order valence-corrected chi connectivity index (χ4v) is 0.833. The lowest BCUT2D eigenvalue weighted by Gasteiger charge is -2.03. The summed E-state index contributed by atoms with van der Waals surface area (Å²) >= 11 is 0. The van der Waals surface area contributed by atoms with E-state index in [1.165, 1.54) is 6.92 Å². The van der Waals surface area contributed by atoms with Gasteiger partial charge in [0, 0.05) is 13.1 Å². The molecule has 1 aromatic rings. The number of hydrogen-bond acceptors (Lipinski definition) is 4. The van der Waals surface area contributed by atoms with Crippen molar-refractivity contribution in [2.45, 2.75) is 6.92 Å². The van der Waals surface area contributed by atoms with Gasteiger partial charge in [-0.2, -0.15) is 0 Å². The SMILES string of the molecule is CC(=O)Nc1ncc(C(=O)O)cc1O. The van der Waals surface area contributed by atoms with Crippen molar-refractivity contribution in [1.82, 2.24) is 4.98 Å². The second kappa shape index (κ2) is 3.73. The van der Waals surface area contributed by atoms with Crippen LogP contribution in [0, 0.1) is 0 Å². The summed E-state index contributed by atoms with van der Waals surface area (Å²) in [7, 11) is 0. The first kappa shape index (κ1) is 9.97. The zero-order chi connectivity index (χ0) is 10.7. The second-order valence-electron chi connectivity index (χ2n) is 2.58. The molecule has 0 fully saturated rings. The predicted octanol–water partition coefficient (Wildman–Crippen LogP) is 0.444. The van der Waals surface area contributed by atoms with Crippen LogP contribution in [0.4, 0.5) is 5.82 Å². The number of carboxylic acid groups (broad SMARTS) is 1. The summed E-state index contributed by atoms with van der Waals surface area (Å²) in [6.07, 6.45) is 1.05. The molecule has 74 valence electrons. The Labute approximate surface area is 79.2 Å². The summed E-state index contributed by atoms with van der Waals surface area (Å²) in [4.78, 5) is 24.6. The maximum atomic E-state index is 10.6. The van der Waals surface area contributed by atoms with E-state index in [1.807, 2.05) is 0 Å². The number of nitrogens with zero attached hydrogens (tertiary/aromatic N) is 1. The van der Waals surface area contributed by atoms with Gasteiger partial charge in [-0.3, -0.25) is 4.79 Å². The standard InChI is InChI=1S/C8H8N2O4/c1-4(11)10-7-6(12)2-5(3-9-7)8(13)14/h2-3,12H,1H3,(H,13,14)(H,9,10,11). The van der Waals surface area contributed by atoms with Crippen LogP contribution in [-0.2, 0) is 4.79 Å². The zero-order valence-electron chi connectivity index (χ0n) is 7.31. The third kappa shape index (κ3) is 2.19. The van der Waals surface area contributed by atoms with Crippen LogP contribution < -0.4 is 5.32 Å². The van der Waals surface area contributed by atoms with Gasteiger partial charge in [-0.15, -0.1) is 0 Å². The van der Waals surface area contributed by atoms with Crippen LogP contribution in [0.25, 0.3) is 0 Å². The molecule has 6 heteroatoms. The third-order valence-electron chi connectivity index (χ3n) is 1.41. The Bertz CT molecular complexity index is 389. The number of carboxylic acids is 1. The van der Waals surface area contributed by atoms with E-state index < -0.39 is 11.9 Å². The first-order valence-electron chi connectivity index (χ1n) is 3.70. The van der Waals surface area contributed by atoms with E-state index in [9.17, 15) is 14.7 Å². The van der Waals surface area contributed by atoms with Gasteiger partial charge in [0.1, 0.15) is 0 Å². The molecule has 3 N–H and O–H groups in total. The van der Waals surface area contributed by atoms with Gasteiger partial charge in [0.15, 0.2) is 11.6 Å². The number of carbonyl (C=O) groups excluding carboxylic acids is 1. The summed E-state index contributed by atoms with van der Waals surface area (Å²) in [6, 6.07) is 1.01. The predicted molar refractivity (Wildman–Crippen MR) is 47.2 cm³/mol. The minimum Gasteiger partial charge on any atom is -0.504 e. The van der Waals surface area contributed by atoms with Crippen molar-refractivity contribution in [3.8, 4) is 5.75 Å². The minimum atomic E-state index is -1.19. The van der Waals surface area contributed by atoms with E-state index in [0.29, 0.717) is 0 Å². The average molecular weight is 196 g/mol. The van der Waals surface area contributed by atoms with Crippen LogP contribution in [-0.4, -0.2) is 27.1 Å². The summed E-state index contributed by atoms with van der Waals surface area (Å²) in [5.41, 5.74) is -0.142. The lowest BCUT2D eigenvalue weighted by atomic mass is 10.2. The van der Waals surface area contributed by atoms with Crippen LogP contribution in [0.3, 0.4) is 0 Å². The molecule has 0 bridgehead atoms. The van der Waals surface area contributed by atoms with Gasteiger partial charge in [0.2, 0.25) is 5.91 Å². The normalized spacial score (nSPS) is 9.50. The number of hydrogen-bond donors (Lipinski definition) is 3. The van der Waals surface area contributed by atoms with Crippen molar-refractivity contribution in [1.29, 1.82) is 0 Å². The van der Waals surface area contributed by atoms with Crippen molar-refractivity contribution < 1.29 is 19.8 Å². The van der Waals surface area contributed by atoms with Gasteiger partial charge in [-0.1, -0.05) is 0 Å². The molecule has 0 aliphatic heterocycles. The van der Waals surface area contributed by atoms with E-state index in [4.69, 9.17) is 5.11 Å². The Morgan fingerprint density at radius 2 is 2.14 bits per heavy atom. The molecule has 0 aromatic carbocycles. The lowest BCUT2D eigenvalue weighted by Crippen LogP contribution is -2.08. The van der Waals surface area contributed by atoms with E-state index in [0.717, 1.165) is 12.3 Å². The van der Waals surface area contributed by atoms with E-state index in [1.54, 1.807) is 0 Å². The van der Waals surface area contributed by atoms with Crippen LogP contribution >= 0.6 is 0 Å². The molecule has 14 heavy (non-hydrogen) atoms. The molecule has 0 radical (unpaired) electrons. The summed E-state index contributed by atoms with van der Waals surface area (Å²) in [6.45, 7) is 1.26. The topological polar surface area (TPSA) is 99.5 Å². The molecule has 1 aromatic heterocycles. The Hall–Kier alpha value is -2.11. The smallest absolute Gasteiger partial charge is 0.337 e. The number of aromatic carboxylic acids is 1. The first-order valence-corrected chi connectivity index (χ1v) is 3.70. The Balaban J connectivity index is 3.01. The largest absolute Gasteiger partial charge is 0.504 e. The molecule has 1 amide bonds. The summed E-state index contributed by atoms with van der Waals surface area (Å²) in [5, 5.41) is 20.0. The third-order valence-corrected chi connectivity index (χ3v) is 1.41. The zero-order valence-corrected chi connectivity index (χ0v) is 7.31. The maximum absolute atomic E-state index is 10.6. The van der Waals surface area contributed by atoms with Gasteiger partial charge in [0.05, 0.1) is 5.56 Å². The molecular weight excluding hydrogens is 188 g/mol. The fourth-order valence-electron chi connectivity index (χ4n) is 0.833. The molecule has 0 unspecified atom stereocenters. The summed E-state index contributed by atoms with van der Waals surface area (Å²) < 4.78 is 0. The van der Waals surface area contributed by atoms with Gasteiger partial charge >= 0.3 is 5.97 Å². The lowest BCUT2D eigenvalue weighted by molar-refractivity contribution is -0.114. The summed E-state index contributed by atoms with van der Waals surface area (Å²) in [5.74, 6) is -2.01. The number of rotatable bonds is 2. The molecule has 0 saturated heterocycles. The highest BCUT2D eigenvalue weighted by molar-refractivity contribution is 5.91. The number of pyridine rings is 1. The van der Waals surface area contributed by atoms with Gasteiger partial charge in [-0.05, 0) is 6.07 Å². The number of nitrogens with one attached hydrogen (secondary N) is 1. The fraction of sp³-hybridized carbons (Fsp3) is 0.125. The molecule has 1 heterocycles. The van der Waals surface area contributed by atoms with Crippen molar-refractivity contribution in [3.63, 3.8) is 0 Å². The highest BCUT2D eigenvalue weighted by Gasteiger charge is 2.09. The number of aromatic hydroxyl groups is 1. The number of anilines is 1.